The average Bonchev–Trinajstić information content (AvgIpc) is 2.66. The summed E-state index contributed by atoms with van der Waals surface area (Å²) < 4.78 is 15.6. The number of carbonyl (C=O) groups excluding carboxylic acids is 1. The van der Waals surface area contributed by atoms with E-state index in [-0.39, 0.29) is 0 Å². The van der Waals surface area contributed by atoms with Crippen LogP contribution in [0.1, 0.15) is 19.3 Å². The van der Waals surface area contributed by atoms with Crippen LogP contribution in [0, 0.1) is 5.92 Å². The molecule has 2 aromatic rings. The van der Waals surface area contributed by atoms with Crippen LogP contribution in [0.5, 0.6) is 11.5 Å². The Bertz CT molecular complexity index is 775. The highest BCUT2D eigenvalue weighted by molar-refractivity contribution is 5.92. The Morgan fingerprint density at radius 1 is 1.19 bits per heavy atom. The number of methoxy groups -OCH3 is 2. The standard InChI is InChI=1S/C18H24N4O4/c1-24-15-9-13-14(10-16(15)25-2)20-11-21-17(13)22-6-3-12(4-7-22)5-8-26-18(19)23/h9-12H,3-8H2,1-2H3,(H2,19,23). The van der Waals surface area contributed by atoms with E-state index >= 15 is 0 Å². The van der Waals surface area contributed by atoms with Gasteiger partial charge in [-0.05, 0) is 31.2 Å². The topological polar surface area (TPSA) is 99.8 Å². The molecule has 8 nitrogen and oxygen atoms in total. The Kier molecular flexibility index (Phi) is 5.60. The third-order valence-electron chi connectivity index (χ3n) is 4.80. The lowest BCUT2D eigenvalue weighted by Gasteiger charge is -2.33. The van der Waals surface area contributed by atoms with Crippen molar-refractivity contribution in [3.05, 3.63) is 18.5 Å². The Morgan fingerprint density at radius 3 is 2.54 bits per heavy atom. The van der Waals surface area contributed by atoms with E-state index in [9.17, 15) is 4.79 Å². The van der Waals surface area contributed by atoms with Crippen LogP contribution in [0.3, 0.4) is 0 Å². The maximum atomic E-state index is 10.7. The molecule has 1 saturated heterocycles. The van der Waals surface area contributed by atoms with E-state index in [0.29, 0.717) is 24.0 Å². The zero-order valence-electron chi connectivity index (χ0n) is 15.1. The average molecular weight is 360 g/mol. The van der Waals surface area contributed by atoms with Crippen LogP contribution in [0.4, 0.5) is 10.6 Å². The summed E-state index contributed by atoms with van der Waals surface area (Å²) in [5, 5.41) is 0.945. The van der Waals surface area contributed by atoms with Crippen LogP contribution in [0.15, 0.2) is 18.5 Å². The van der Waals surface area contributed by atoms with Crippen LogP contribution in [-0.4, -0.2) is 50.0 Å². The SMILES string of the molecule is COc1cc2ncnc(N3CCC(CCOC(N)=O)CC3)c2cc1OC. The largest absolute Gasteiger partial charge is 0.493 e. The summed E-state index contributed by atoms with van der Waals surface area (Å²) >= 11 is 0. The fourth-order valence-corrected chi connectivity index (χ4v) is 3.38. The lowest BCUT2D eigenvalue weighted by molar-refractivity contribution is 0.146. The van der Waals surface area contributed by atoms with Crippen LogP contribution >= 0.6 is 0 Å². The summed E-state index contributed by atoms with van der Waals surface area (Å²) in [5.74, 6) is 2.74. The first kappa shape index (κ1) is 18.0. The highest BCUT2D eigenvalue weighted by atomic mass is 16.5. The van der Waals surface area contributed by atoms with E-state index in [1.165, 1.54) is 0 Å². The second-order valence-electron chi connectivity index (χ2n) is 6.31. The molecule has 1 aliphatic rings. The summed E-state index contributed by atoms with van der Waals surface area (Å²) in [6.07, 6.45) is 3.74. The number of amides is 1. The van der Waals surface area contributed by atoms with Gasteiger partial charge in [-0.15, -0.1) is 0 Å². The molecule has 8 heteroatoms. The second kappa shape index (κ2) is 8.07. The monoisotopic (exact) mass is 360 g/mol. The third kappa shape index (κ3) is 3.89. The first-order valence-corrected chi connectivity index (χ1v) is 8.66. The molecule has 0 aliphatic carbocycles. The van der Waals surface area contributed by atoms with Gasteiger partial charge >= 0.3 is 6.09 Å². The molecule has 0 atom stereocenters. The molecule has 140 valence electrons. The minimum Gasteiger partial charge on any atom is -0.493 e. The van der Waals surface area contributed by atoms with Crippen molar-refractivity contribution < 1.29 is 19.0 Å². The second-order valence-corrected chi connectivity index (χ2v) is 6.31. The number of rotatable bonds is 6. The van der Waals surface area contributed by atoms with Crippen molar-refractivity contribution in [2.24, 2.45) is 11.7 Å². The molecule has 2 heterocycles. The van der Waals surface area contributed by atoms with Gasteiger partial charge in [-0.1, -0.05) is 0 Å². The molecule has 2 N–H and O–H groups in total. The number of piperidine rings is 1. The van der Waals surface area contributed by atoms with E-state index in [0.717, 1.165) is 49.1 Å². The molecule has 0 unspecified atom stereocenters. The number of nitrogens with two attached hydrogens (primary N) is 1. The summed E-state index contributed by atoms with van der Waals surface area (Å²) in [5.41, 5.74) is 5.82. The van der Waals surface area contributed by atoms with Crippen LogP contribution in [0.2, 0.25) is 0 Å². The van der Waals surface area contributed by atoms with Crippen molar-refractivity contribution in [1.29, 1.82) is 0 Å². The van der Waals surface area contributed by atoms with E-state index in [1.807, 2.05) is 12.1 Å². The number of nitrogens with zero attached hydrogens (tertiary/aromatic N) is 3. The van der Waals surface area contributed by atoms with Crippen LogP contribution < -0.4 is 20.1 Å². The van der Waals surface area contributed by atoms with Crippen molar-refractivity contribution >= 4 is 22.8 Å². The van der Waals surface area contributed by atoms with Gasteiger partial charge in [0, 0.05) is 24.5 Å². The molecular weight excluding hydrogens is 336 g/mol. The summed E-state index contributed by atoms with van der Waals surface area (Å²) in [7, 11) is 3.23. The zero-order valence-corrected chi connectivity index (χ0v) is 15.1. The Balaban J connectivity index is 1.74. The number of carbonyl (C=O) groups is 1. The fourth-order valence-electron chi connectivity index (χ4n) is 3.38. The Morgan fingerprint density at radius 2 is 1.88 bits per heavy atom. The number of aromatic nitrogens is 2. The van der Waals surface area contributed by atoms with Gasteiger partial charge in [0.15, 0.2) is 11.5 Å². The maximum Gasteiger partial charge on any atom is 0.404 e. The predicted molar refractivity (Wildman–Crippen MR) is 97.7 cm³/mol. The van der Waals surface area contributed by atoms with Gasteiger partial charge in [0.25, 0.3) is 0 Å². The third-order valence-corrected chi connectivity index (χ3v) is 4.80. The number of ether oxygens (including phenoxy) is 3. The number of hydrogen-bond acceptors (Lipinski definition) is 7. The van der Waals surface area contributed by atoms with Crippen molar-refractivity contribution in [3.63, 3.8) is 0 Å². The molecule has 3 rings (SSSR count). The summed E-state index contributed by atoms with van der Waals surface area (Å²) in [6, 6.07) is 3.80. The highest BCUT2D eigenvalue weighted by Crippen LogP contribution is 2.35. The fraction of sp³-hybridized carbons (Fsp3) is 0.500. The molecule has 0 spiro atoms. The van der Waals surface area contributed by atoms with E-state index in [1.54, 1.807) is 20.5 Å². The molecule has 0 radical (unpaired) electrons. The molecule has 1 aromatic heterocycles. The van der Waals surface area contributed by atoms with Crippen molar-refractivity contribution in [3.8, 4) is 11.5 Å². The first-order valence-electron chi connectivity index (χ1n) is 8.66. The number of primary amides is 1. The minimum absolute atomic E-state index is 0.382. The minimum atomic E-state index is -0.709. The van der Waals surface area contributed by atoms with E-state index < -0.39 is 6.09 Å². The Labute approximate surface area is 152 Å². The van der Waals surface area contributed by atoms with Crippen LogP contribution in [-0.2, 0) is 4.74 Å². The molecule has 1 aliphatic heterocycles. The molecule has 0 saturated carbocycles. The van der Waals surface area contributed by atoms with E-state index in [4.69, 9.17) is 19.9 Å². The maximum absolute atomic E-state index is 10.7. The summed E-state index contributed by atoms with van der Waals surface area (Å²) in [6.45, 7) is 2.16. The van der Waals surface area contributed by atoms with Gasteiger partial charge in [0.1, 0.15) is 12.1 Å². The molecule has 1 fully saturated rings. The molecule has 26 heavy (non-hydrogen) atoms. The zero-order chi connectivity index (χ0) is 18.5. The molecular formula is C18H24N4O4. The quantitative estimate of drug-likeness (QED) is 0.844. The van der Waals surface area contributed by atoms with Gasteiger partial charge in [-0.25, -0.2) is 14.8 Å². The Hall–Kier alpha value is -2.77. The van der Waals surface area contributed by atoms with Gasteiger partial charge in [0.05, 0.1) is 26.3 Å². The van der Waals surface area contributed by atoms with E-state index in [2.05, 4.69) is 14.9 Å². The highest BCUT2D eigenvalue weighted by Gasteiger charge is 2.22. The smallest absolute Gasteiger partial charge is 0.404 e. The normalized spacial score (nSPS) is 15.1. The molecule has 0 bridgehead atoms. The molecule has 1 aromatic carbocycles. The number of anilines is 1. The predicted octanol–water partition coefficient (Wildman–Crippen LogP) is 2.35. The van der Waals surface area contributed by atoms with Gasteiger partial charge in [0.2, 0.25) is 0 Å². The van der Waals surface area contributed by atoms with Crippen molar-refractivity contribution in [2.75, 3.05) is 38.8 Å². The van der Waals surface area contributed by atoms with Crippen molar-refractivity contribution in [1.82, 2.24) is 9.97 Å². The lowest BCUT2D eigenvalue weighted by Crippen LogP contribution is -2.35. The number of hydrogen-bond donors (Lipinski definition) is 1. The van der Waals surface area contributed by atoms with Crippen molar-refractivity contribution in [2.45, 2.75) is 19.3 Å². The van der Waals surface area contributed by atoms with Gasteiger partial charge < -0.3 is 24.8 Å². The number of fused-ring (bicyclic) bond motifs is 1. The van der Waals surface area contributed by atoms with Gasteiger partial charge in [-0.2, -0.15) is 0 Å². The summed E-state index contributed by atoms with van der Waals surface area (Å²) in [4.78, 5) is 21.8. The first-order chi connectivity index (χ1) is 12.6. The van der Waals surface area contributed by atoms with Crippen LogP contribution in [0.25, 0.3) is 10.9 Å². The molecule has 1 amide bonds. The number of benzene rings is 1. The van der Waals surface area contributed by atoms with Gasteiger partial charge in [-0.3, -0.25) is 0 Å². The lowest BCUT2D eigenvalue weighted by atomic mass is 9.94.